The van der Waals surface area contributed by atoms with Crippen LogP contribution in [-0.4, -0.2) is 33.0 Å². The Kier molecular flexibility index (Phi) is 2.40. The van der Waals surface area contributed by atoms with E-state index in [1.54, 1.807) is 0 Å². The van der Waals surface area contributed by atoms with Crippen LogP contribution in [0, 0.1) is 10.1 Å². The van der Waals surface area contributed by atoms with Crippen LogP contribution in [0.5, 0.6) is 0 Å². The summed E-state index contributed by atoms with van der Waals surface area (Å²) in [6.07, 6.45) is 3.04. The molecule has 76 valence electrons. The summed E-state index contributed by atoms with van der Waals surface area (Å²) in [4.78, 5) is 11.3. The molecule has 1 aliphatic rings. The van der Waals surface area contributed by atoms with Crippen LogP contribution >= 0.6 is 0 Å². The first-order chi connectivity index (χ1) is 6.77. The van der Waals surface area contributed by atoms with Crippen LogP contribution in [-0.2, 0) is 0 Å². The number of rotatable bonds is 2. The Hall–Kier alpha value is -1.50. The Labute approximate surface area is 80.2 Å². The maximum absolute atomic E-state index is 10.4. The van der Waals surface area contributed by atoms with Gasteiger partial charge in [0.1, 0.15) is 0 Å². The first kappa shape index (κ1) is 9.07. The number of nitrogens with zero attached hydrogens (tertiary/aromatic N) is 4. The summed E-state index contributed by atoms with van der Waals surface area (Å²) in [5, 5.41) is 21.3. The molecule has 0 spiro atoms. The molecule has 14 heavy (non-hydrogen) atoms. The molecule has 0 radical (unpaired) electrons. The molecule has 0 unspecified atom stereocenters. The second-order valence-corrected chi connectivity index (χ2v) is 3.26. The fourth-order valence-electron chi connectivity index (χ4n) is 1.56. The van der Waals surface area contributed by atoms with Crippen molar-refractivity contribution >= 4 is 5.82 Å². The molecule has 0 atom stereocenters. The molecular weight excluding hydrogens is 186 g/mol. The SMILES string of the molecule is O=[N+]([O-])c1cnn(C2CCNCC2)n1. The predicted octanol–water partition coefficient (Wildman–Crippen LogP) is 0.111. The number of hydrogen-bond acceptors (Lipinski definition) is 5. The van der Waals surface area contributed by atoms with Crippen molar-refractivity contribution in [1.82, 2.24) is 20.3 Å². The van der Waals surface area contributed by atoms with Gasteiger partial charge in [0.15, 0.2) is 6.20 Å². The molecule has 1 N–H and O–H groups in total. The van der Waals surface area contributed by atoms with Gasteiger partial charge in [-0.25, -0.2) is 0 Å². The van der Waals surface area contributed by atoms with Crippen molar-refractivity contribution in [3.8, 4) is 0 Å². The largest absolute Gasteiger partial charge is 0.410 e. The molecule has 2 rings (SSSR count). The van der Waals surface area contributed by atoms with Gasteiger partial charge in [0.2, 0.25) is 0 Å². The highest BCUT2D eigenvalue weighted by Crippen LogP contribution is 2.17. The third-order valence-electron chi connectivity index (χ3n) is 2.32. The predicted molar refractivity (Wildman–Crippen MR) is 47.8 cm³/mol. The van der Waals surface area contributed by atoms with Gasteiger partial charge in [-0.2, -0.15) is 0 Å². The Morgan fingerprint density at radius 2 is 2.29 bits per heavy atom. The number of hydrogen-bond donors (Lipinski definition) is 1. The molecule has 1 aromatic heterocycles. The van der Waals surface area contributed by atoms with Crippen LogP contribution < -0.4 is 5.32 Å². The molecule has 7 heteroatoms. The summed E-state index contributed by atoms with van der Waals surface area (Å²) in [6, 6.07) is 0.199. The molecule has 0 amide bonds. The van der Waals surface area contributed by atoms with Gasteiger partial charge in [-0.05, 0) is 30.9 Å². The molecule has 0 saturated carbocycles. The minimum Gasteiger partial charge on any atom is -0.358 e. The lowest BCUT2D eigenvalue weighted by molar-refractivity contribution is -0.389. The minimum absolute atomic E-state index is 0.177. The Bertz CT molecular complexity index is 331. The molecule has 0 bridgehead atoms. The van der Waals surface area contributed by atoms with E-state index >= 15 is 0 Å². The average Bonchev–Trinajstić information content (AvgIpc) is 2.68. The van der Waals surface area contributed by atoms with Gasteiger partial charge in [-0.3, -0.25) is 0 Å². The van der Waals surface area contributed by atoms with Crippen LogP contribution in [0.25, 0.3) is 0 Å². The van der Waals surface area contributed by atoms with E-state index < -0.39 is 4.92 Å². The average molecular weight is 197 g/mol. The molecule has 2 heterocycles. The third kappa shape index (κ3) is 1.72. The number of piperidine rings is 1. The number of nitrogens with one attached hydrogen (secondary N) is 1. The summed E-state index contributed by atoms with van der Waals surface area (Å²) in [7, 11) is 0. The Morgan fingerprint density at radius 1 is 1.57 bits per heavy atom. The van der Waals surface area contributed by atoms with Crippen molar-refractivity contribution in [3.63, 3.8) is 0 Å². The van der Waals surface area contributed by atoms with Crippen molar-refractivity contribution in [2.24, 2.45) is 0 Å². The standard InChI is InChI=1S/C7H11N5O2/c13-12(14)7-5-9-11(10-7)6-1-3-8-4-2-6/h5-6,8H,1-4H2. The van der Waals surface area contributed by atoms with E-state index in [1.165, 1.54) is 11.0 Å². The second kappa shape index (κ2) is 3.70. The van der Waals surface area contributed by atoms with Gasteiger partial charge in [0.05, 0.1) is 11.1 Å². The van der Waals surface area contributed by atoms with E-state index in [1.807, 2.05) is 0 Å². The third-order valence-corrected chi connectivity index (χ3v) is 2.32. The summed E-state index contributed by atoms with van der Waals surface area (Å²) >= 11 is 0. The first-order valence-corrected chi connectivity index (χ1v) is 4.54. The minimum atomic E-state index is -0.523. The van der Waals surface area contributed by atoms with Crippen molar-refractivity contribution in [3.05, 3.63) is 16.3 Å². The van der Waals surface area contributed by atoms with Gasteiger partial charge < -0.3 is 15.4 Å². The summed E-state index contributed by atoms with van der Waals surface area (Å²) in [5.74, 6) is -0.177. The van der Waals surface area contributed by atoms with Crippen LogP contribution in [0.1, 0.15) is 18.9 Å². The smallest absolute Gasteiger partial charge is 0.358 e. The summed E-state index contributed by atoms with van der Waals surface area (Å²) in [5.41, 5.74) is 0. The quantitative estimate of drug-likeness (QED) is 0.537. The normalized spacial score (nSPS) is 18.3. The van der Waals surface area contributed by atoms with Crippen molar-refractivity contribution in [2.45, 2.75) is 18.9 Å². The lowest BCUT2D eigenvalue weighted by Gasteiger charge is -2.18. The highest BCUT2D eigenvalue weighted by atomic mass is 16.6. The Balaban J connectivity index is 2.11. The molecule has 1 fully saturated rings. The maximum atomic E-state index is 10.4. The highest BCUT2D eigenvalue weighted by Gasteiger charge is 2.22. The zero-order valence-corrected chi connectivity index (χ0v) is 7.59. The topological polar surface area (TPSA) is 85.9 Å². The van der Waals surface area contributed by atoms with E-state index in [4.69, 9.17) is 0 Å². The van der Waals surface area contributed by atoms with Crippen molar-refractivity contribution in [2.75, 3.05) is 13.1 Å². The molecule has 0 aliphatic carbocycles. The van der Waals surface area contributed by atoms with Crippen molar-refractivity contribution < 1.29 is 4.92 Å². The molecular formula is C7H11N5O2. The van der Waals surface area contributed by atoms with Crippen LogP contribution in [0.4, 0.5) is 5.82 Å². The maximum Gasteiger partial charge on any atom is 0.410 e. The van der Waals surface area contributed by atoms with Gasteiger partial charge in [-0.15, -0.1) is 5.10 Å². The molecule has 1 saturated heterocycles. The second-order valence-electron chi connectivity index (χ2n) is 3.26. The fourth-order valence-corrected chi connectivity index (χ4v) is 1.56. The van der Waals surface area contributed by atoms with Crippen LogP contribution in [0.3, 0.4) is 0 Å². The van der Waals surface area contributed by atoms with Crippen LogP contribution in [0.2, 0.25) is 0 Å². The molecule has 7 nitrogen and oxygen atoms in total. The molecule has 0 aromatic carbocycles. The van der Waals surface area contributed by atoms with Crippen LogP contribution in [0.15, 0.2) is 6.20 Å². The van der Waals surface area contributed by atoms with E-state index in [2.05, 4.69) is 15.5 Å². The summed E-state index contributed by atoms with van der Waals surface area (Å²) < 4.78 is 0. The first-order valence-electron chi connectivity index (χ1n) is 4.54. The lowest BCUT2D eigenvalue weighted by Crippen LogP contribution is -2.30. The van der Waals surface area contributed by atoms with Crippen molar-refractivity contribution in [1.29, 1.82) is 0 Å². The zero-order chi connectivity index (χ0) is 9.97. The van der Waals surface area contributed by atoms with E-state index in [-0.39, 0.29) is 11.9 Å². The molecule has 1 aliphatic heterocycles. The number of aromatic nitrogens is 3. The summed E-state index contributed by atoms with van der Waals surface area (Å²) in [6.45, 7) is 1.83. The van der Waals surface area contributed by atoms with Gasteiger partial charge in [0, 0.05) is 0 Å². The van der Waals surface area contributed by atoms with E-state index in [0.29, 0.717) is 0 Å². The van der Waals surface area contributed by atoms with Gasteiger partial charge >= 0.3 is 5.82 Å². The van der Waals surface area contributed by atoms with Gasteiger partial charge in [0.25, 0.3) is 0 Å². The molecule has 1 aromatic rings. The van der Waals surface area contributed by atoms with E-state index in [0.717, 1.165) is 25.9 Å². The zero-order valence-electron chi connectivity index (χ0n) is 7.59. The monoisotopic (exact) mass is 197 g/mol. The fraction of sp³-hybridized carbons (Fsp3) is 0.714. The van der Waals surface area contributed by atoms with Gasteiger partial charge in [-0.1, -0.05) is 4.80 Å². The number of nitro groups is 1. The van der Waals surface area contributed by atoms with E-state index in [9.17, 15) is 10.1 Å². The Morgan fingerprint density at radius 3 is 2.86 bits per heavy atom. The highest BCUT2D eigenvalue weighted by molar-refractivity contribution is 5.08. The lowest BCUT2D eigenvalue weighted by atomic mass is 10.1.